The molecule has 0 amide bonds. The minimum atomic E-state index is -0.142. The van der Waals surface area contributed by atoms with Gasteiger partial charge in [0.1, 0.15) is 0 Å². The molecule has 11 rings (SSSR count). The van der Waals surface area contributed by atoms with Crippen molar-refractivity contribution in [2.45, 2.75) is 38.5 Å². The summed E-state index contributed by atoms with van der Waals surface area (Å²) in [6.07, 6.45) is 0. The summed E-state index contributed by atoms with van der Waals surface area (Å²) in [7, 11) is 0. The third kappa shape index (κ3) is 4.03. The van der Waals surface area contributed by atoms with Crippen molar-refractivity contribution in [2.75, 3.05) is 4.90 Å². The van der Waals surface area contributed by atoms with E-state index in [9.17, 15) is 0 Å². The zero-order valence-corrected chi connectivity index (χ0v) is 30.5. The Hall–Kier alpha value is -6.18. The maximum absolute atomic E-state index is 2.50. The zero-order chi connectivity index (χ0) is 35.6. The van der Waals surface area contributed by atoms with Crippen LogP contribution in [0, 0.1) is 0 Å². The van der Waals surface area contributed by atoms with Gasteiger partial charge in [0.25, 0.3) is 0 Å². The Morgan fingerprint density at radius 3 is 1.79 bits per heavy atom. The minimum absolute atomic E-state index is 0.117. The smallest absolute Gasteiger partial charge is 0.0546 e. The summed E-state index contributed by atoms with van der Waals surface area (Å²) in [4.78, 5) is 2.50. The highest BCUT2D eigenvalue weighted by Gasteiger charge is 2.40. The lowest BCUT2D eigenvalue weighted by Crippen LogP contribution is -2.17. The Kier molecular flexibility index (Phi) is 6.14. The van der Waals surface area contributed by atoms with E-state index in [0.717, 1.165) is 11.4 Å². The highest BCUT2D eigenvalue weighted by atomic mass is 15.1. The van der Waals surface area contributed by atoms with Crippen LogP contribution in [0.4, 0.5) is 17.1 Å². The Labute approximate surface area is 310 Å². The number of nitrogens with zero attached hydrogens (tertiary/aromatic N) is 1. The monoisotopic (exact) mass is 677 g/mol. The average molecular weight is 678 g/mol. The molecule has 53 heavy (non-hydrogen) atoms. The van der Waals surface area contributed by atoms with Crippen LogP contribution in [-0.2, 0) is 10.8 Å². The summed E-state index contributed by atoms with van der Waals surface area (Å²) < 4.78 is 0. The maximum atomic E-state index is 2.50. The Bertz CT molecular complexity index is 3000. The van der Waals surface area contributed by atoms with E-state index in [1.807, 2.05) is 0 Å². The standard InChI is InChI=1S/C52H39N/c1-51(2)44-25-15-14-24-41(44)48-38-22-12-10-20-36(38)42-30-34(27-28-40(42)50(48)51)53(33-17-6-5-7-18-33)46-31-43-47-35-19-9-8-16-32(35)26-29-45(47)52(3,4)49(43)39-23-13-11-21-37(39)46/h5-31H,1-4H3. The predicted octanol–water partition coefficient (Wildman–Crippen LogP) is 14.4. The topological polar surface area (TPSA) is 3.24 Å². The fourth-order valence-electron chi connectivity index (χ4n) is 10.3. The summed E-state index contributed by atoms with van der Waals surface area (Å²) in [5, 5.41) is 10.4. The van der Waals surface area contributed by atoms with Gasteiger partial charge in [0, 0.05) is 27.6 Å². The molecule has 2 aliphatic carbocycles. The van der Waals surface area contributed by atoms with Gasteiger partial charge in [0.05, 0.1) is 5.69 Å². The number of fused-ring (bicyclic) bond motifs is 15. The molecule has 1 nitrogen and oxygen atoms in total. The molecule has 0 bridgehead atoms. The van der Waals surface area contributed by atoms with Crippen molar-refractivity contribution in [3.05, 3.63) is 186 Å². The van der Waals surface area contributed by atoms with Crippen molar-refractivity contribution in [3.8, 4) is 22.3 Å². The summed E-state index contributed by atoms with van der Waals surface area (Å²) in [5.74, 6) is 0. The molecule has 0 atom stereocenters. The molecular formula is C52H39N. The number of rotatable bonds is 3. The quantitative estimate of drug-likeness (QED) is 0.168. The van der Waals surface area contributed by atoms with E-state index in [1.165, 1.54) is 93.3 Å². The summed E-state index contributed by atoms with van der Waals surface area (Å²) in [6, 6.07) is 61.3. The Morgan fingerprint density at radius 1 is 0.358 bits per heavy atom. The number of hydrogen-bond acceptors (Lipinski definition) is 1. The molecule has 9 aromatic rings. The van der Waals surface area contributed by atoms with E-state index in [-0.39, 0.29) is 10.8 Å². The number of benzene rings is 9. The van der Waals surface area contributed by atoms with Gasteiger partial charge in [-0.3, -0.25) is 0 Å². The third-order valence-corrected chi connectivity index (χ3v) is 12.5. The Morgan fingerprint density at radius 2 is 0.981 bits per heavy atom. The second kappa shape index (κ2) is 10.7. The first kappa shape index (κ1) is 30.4. The Balaban J connectivity index is 1.23. The molecule has 0 aliphatic heterocycles. The van der Waals surface area contributed by atoms with Crippen LogP contribution in [0.3, 0.4) is 0 Å². The van der Waals surface area contributed by atoms with Crippen LogP contribution < -0.4 is 4.90 Å². The fraction of sp³-hybridized carbons (Fsp3) is 0.115. The number of hydrogen-bond donors (Lipinski definition) is 0. The van der Waals surface area contributed by atoms with Crippen molar-refractivity contribution in [3.63, 3.8) is 0 Å². The SMILES string of the molecule is CC1(C)c2ccc3ccccc3c2-c2cc(N(c3ccccc3)c3ccc4c5c(c6ccccc6c4c3)-c3ccccc3C5(C)C)c3ccccc3c21. The van der Waals surface area contributed by atoms with Crippen LogP contribution in [0.1, 0.15) is 49.9 Å². The zero-order valence-electron chi connectivity index (χ0n) is 30.5. The first-order chi connectivity index (χ1) is 25.8. The summed E-state index contributed by atoms with van der Waals surface area (Å²) in [5.41, 5.74) is 14.3. The van der Waals surface area contributed by atoms with E-state index < -0.39 is 0 Å². The molecule has 0 saturated heterocycles. The molecule has 2 aliphatic rings. The molecule has 1 heteroatoms. The van der Waals surface area contributed by atoms with Gasteiger partial charge in [-0.1, -0.05) is 161 Å². The maximum Gasteiger partial charge on any atom is 0.0546 e. The van der Waals surface area contributed by atoms with Gasteiger partial charge in [-0.05, 0) is 113 Å². The predicted molar refractivity (Wildman–Crippen MR) is 226 cm³/mol. The van der Waals surface area contributed by atoms with Gasteiger partial charge < -0.3 is 4.90 Å². The van der Waals surface area contributed by atoms with E-state index in [1.54, 1.807) is 0 Å². The van der Waals surface area contributed by atoms with Crippen molar-refractivity contribution in [1.29, 1.82) is 0 Å². The van der Waals surface area contributed by atoms with Gasteiger partial charge >= 0.3 is 0 Å². The highest BCUT2D eigenvalue weighted by Crippen LogP contribution is 2.58. The minimum Gasteiger partial charge on any atom is -0.310 e. The van der Waals surface area contributed by atoms with Gasteiger partial charge in [0.15, 0.2) is 0 Å². The molecule has 9 aromatic carbocycles. The number of para-hydroxylation sites is 1. The second-order valence-corrected chi connectivity index (χ2v) is 16.1. The molecule has 252 valence electrons. The highest BCUT2D eigenvalue weighted by molar-refractivity contribution is 6.19. The lowest BCUT2D eigenvalue weighted by molar-refractivity contribution is 0.666. The molecule has 0 fully saturated rings. The lowest BCUT2D eigenvalue weighted by Gasteiger charge is -2.30. The average Bonchev–Trinajstić information content (AvgIpc) is 3.58. The van der Waals surface area contributed by atoms with Gasteiger partial charge in [-0.2, -0.15) is 0 Å². The van der Waals surface area contributed by atoms with Gasteiger partial charge in [-0.25, -0.2) is 0 Å². The van der Waals surface area contributed by atoms with Crippen molar-refractivity contribution in [1.82, 2.24) is 0 Å². The molecule has 0 radical (unpaired) electrons. The molecule has 0 saturated carbocycles. The lowest BCUT2D eigenvalue weighted by atomic mass is 9.79. The third-order valence-electron chi connectivity index (χ3n) is 12.5. The van der Waals surface area contributed by atoms with Crippen molar-refractivity contribution >= 4 is 60.2 Å². The van der Waals surface area contributed by atoms with Gasteiger partial charge in [0.2, 0.25) is 0 Å². The first-order valence-electron chi connectivity index (χ1n) is 18.9. The largest absolute Gasteiger partial charge is 0.310 e. The van der Waals surface area contributed by atoms with Crippen LogP contribution >= 0.6 is 0 Å². The molecule has 0 spiro atoms. The van der Waals surface area contributed by atoms with E-state index >= 15 is 0 Å². The molecule has 0 unspecified atom stereocenters. The molecule has 0 aromatic heterocycles. The van der Waals surface area contributed by atoms with E-state index in [4.69, 9.17) is 0 Å². The molecular weight excluding hydrogens is 639 g/mol. The second-order valence-electron chi connectivity index (χ2n) is 16.1. The fourth-order valence-corrected chi connectivity index (χ4v) is 10.3. The van der Waals surface area contributed by atoms with Crippen LogP contribution in [0.2, 0.25) is 0 Å². The normalized spacial score (nSPS) is 14.7. The van der Waals surface area contributed by atoms with Crippen LogP contribution in [0.25, 0.3) is 65.3 Å². The van der Waals surface area contributed by atoms with Crippen molar-refractivity contribution in [2.24, 2.45) is 0 Å². The molecule has 0 N–H and O–H groups in total. The van der Waals surface area contributed by atoms with Gasteiger partial charge in [-0.15, -0.1) is 0 Å². The first-order valence-corrected chi connectivity index (χ1v) is 18.9. The summed E-state index contributed by atoms with van der Waals surface area (Å²) >= 11 is 0. The van der Waals surface area contributed by atoms with E-state index in [2.05, 4.69) is 196 Å². The van der Waals surface area contributed by atoms with Crippen molar-refractivity contribution < 1.29 is 0 Å². The molecule has 0 heterocycles. The summed E-state index contributed by atoms with van der Waals surface area (Å²) in [6.45, 7) is 9.60. The van der Waals surface area contributed by atoms with Crippen LogP contribution in [-0.4, -0.2) is 0 Å². The number of anilines is 3. The van der Waals surface area contributed by atoms with Crippen LogP contribution in [0.15, 0.2) is 164 Å². The van der Waals surface area contributed by atoms with Crippen LogP contribution in [0.5, 0.6) is 0 Å². The van der Waals surface area contributed by atoms with E-state index in [0.29, 0.717) is 0 Å².